The molecule has 0 amide bonds. The molecule has 252 valence electrons. The average Bonchev–Trinajstić information content (AvgIpc) is 3.96. The zero-order chi connectivity index (χ0) is 35.3. The fraction of sp³-hybridized carbons (Fsp3) is 0. The van der Waals surface area contributed by atoms with Gasteiger partial charge in [0.05, 0.1) is 33.0 Å². The van der Waals surface area contributed by atoms with Crippen LogP contribution in [-0.2, 0) is 0 Å². The molecule has 0 N–H and O–H groups in total. The Morgan fingerprint density at radius 2 is 0.852 bits per heavy atom. The first kappa shape index (κ1) is 29.3. The molecule has 0 radical (unpaired) electrons. The fourth-order valence-corrected chi connectivity index (χ4v) is 8.90. The summed E-state index contributed by atoms with van der Waals surface area (Å²) in [5.41, 5.74) is 13.4. The largest absolute Gasteiger partial charge is 0.439 e. The minimum Gasteiger partial charge on any atom is -0.439 e. The van der Waals surface area contributed by atoms with Gasteiger partial charge in [0.25, 0.3) is 0 Å². The monoisotopic (exact) mass is 689 g/mol. The molecule has 12 rings (SSSR count). The van der Waals surface area contributed by atoms with Crippen LogP contribution in [0.5, 0.6) is 0 Å². The molecule has 0 bridgehead atoms. The lowest BCUT2D eigenvalue weighted by Crippen LogP contribution is -1.96. The molecule has 0 saturated carbocycles. The first-order chi connectivity index (χ1) is 26.8. The van der Waals surface area contributed by atoms with Crippen molar-refractivity contribution < 1.29 is 4.42 Å². The molecule has 0 aliphatic rings. The summed E-state index contributed by atoms with van der Waals surface area (Å²) in [6.45, 7) is 0. The van der Waals surface area contributed by atoms with Crippen molar-refractivity contribution in [2.45, 2.75) is 0 Å². The summed E-state index contributed by atoms with van der Waals surface area (Å²) in [7, 11) is 0. The molecule has 0 fully saturated rings. The summed E-state index contributed by atoms with van der Waals surface area (Å²) < 4.78 is 13.6. The Morgan fingerprint density at radius 1 is 0.296 bits per heavy atom. The summed E-state index contributed by atoms with van der Waals surface area (Å²) >= 11 is 0. The highest BCUT2D eigenvalue weighted by atomic mass is 16.3. The summed E-state index contributed by atoms with van der Waals surface area (Å²) in [5.74, 6) is 0. The predicted molar refractivity (Wildman–Crippen MR) is 225 cm³/mol. The Morgan fingerprint density at radius 3 is 1.57 bits per heavy atom. The summed E-state index contributed by atoms with van der Waals surface area (Å²) in [4.78, 5) is 0. The smallest absolute Gasteiger partial charge is 0.213 e. The number of hydrogen-bond acceptors (Lipinski definition) is 1. The number of benzene rings is 8. The van der Waals surface area contributed by atoms with E-state index in [4.69, 9.17) is 4.42 Å². The molecule has 4 aromatic heterocycles. The number of para-hydroxylation sites is 5. The minimum atomic E-state index is 0.869. The van der Waals surface area contributed by atoms with E-state index < -0.39 is 0 Å². The molecule has 0 saturated heterocycles. The van der Waals surface area contributed by atoms with Crippen molar-refractivity contribution in [3.8, 4) is 28.2 Å². The SMILES string of the molecule is c1ccc(-n2c3cc(-c4cccc(-n5c6ccccc6c6cc(-n7c8ccccc8c8ccccc87)ccc65)c4)ccc3c3c4ccccc4oc32)cc1. The lowest BCUT2D eigenvalue weighted by molar-refractivity contribution is 0.645. The molecule has 54 heavy (non-hydrogen) atoms. The van der Waals surface area contributed by atoms with Gasteiger partial charge in [-0.1, -0.05) is 115 Å². The van der Waals surface area contributed by atoms with Crippen LogP contribution < -0.4 is 0 Å². The number of nitrogens with zero attached hydrogens (tertiary/aromatic N) is 3. The van der Waals surface area contributed by atoms with Gasteiger partial charge in [-0.25, -0.2) is 0 Å². The maximum Gasteiger partial charge on any atom is 0.213 e. The molecular weight excluding hydrogens is 659 g/mol. The van der Waals surface area contributed by atoms with E-state index in [9.17, 15) is 0 Å². The topological polar surface area (TPSA) is 27.9 Å². The number of hydrogen-bond donors (Lipinski definition) is 0. The molecular formula is C50H31N3O. The Bertz CT molecular complexity index is 3390. The summed E-state index contributed by atoms with van der Waals surface area (Å²) in [5, 5.41) is 8.46. The van der Waals surface area contributed by atoms with Crippen LogP contribution in [0.4, 0.5) is 0 Å². The predicted octanol–water partition coefficient (Wildman–Crippen LogP) is 13.4. The van der Waals surface area contributed by atoms with Crippen molar-refractivity contribution >= 4 is 76.6 Å². The van der Waals surface area contributed by atoms with Crippen molar-refractivity contribution in [3.05, 3.63) is 188 Å². The van der Waals surface area contributed by atoms with Crippen LogP contribution in [0.2, 0.25) is 0 Å². The number of furan rings is 1. The molecule has 0 atom stereocenters. The Labute approximate surface area is 309 Å². The third kappa shape index (κ3) is 4.08. The van der Waals surface area contributed by atoms with E-state index >= 15 is 0 Å². The Hall–Kier alpha value is -7.30. The summed E-state index contributed by atoms with van der Waals surface area (Å²) in [6, 6.07) is 67.7. The second kappa shape index (κ2) is 11.1. The molecule has 4 nitrogen and oxygen atoms in total. The molecule has 12 aromatic rings. The highest BCUT2D eigenvalue weighted by Crippen LogP contribution is 2.41. The molecule has 0 aliphatic carbocycles. The molecule has 4 heterocycles. The third-order valence-electron chi connectivity index (χ3n) is 11.2. The second-order valence-corrected chi connectivity index (χ2v) is 14.2. The van der Waals surface area contributed by atoms with Crippen LogP contribution in [0.25, 0.3) is 105 Å². The number of fused-ring (bicyclic) bond motifs is 11. The van der Waals surface area contributed by atoms with Crippen molar-refractivity contribution in [1.82, 2.24) is 13.7 Å². The first-order valence-electron chi connectivity index (χ1n) is 18.4. The van der Waals surface area contributed by atoms with Crippen LogP contribution in [0.1, 0.15) is 0 Å². The van der Waals surface area contributed by atoms with Crippen LogP contribution in [0, 0.1) is 0 Å². The maximum atomic E-state index is 6.55. The third-order valence-corrected chi connectivity index (χ3v) is 11.2. The van der Waals surface area contributed by atoms with E-state index in [1.165, 1.54) is 49.0 Å². The Balaban J connectivity index is 1.04. The van der Waals surface area contributed by atoms with E-state index in [2.05, 4.69) is 196 Å². The second-order valence-electron chi connectivity index (χ2n) is 14.2. The number of rotatable bonds is 4. The van der Waals surface area contributed by atoms with E-state index in [-0.39, 0.29) is 0 Å². The van der Waals surface area contributed by atoms with Crippen molar-refractivity contribution in [2.75, 3.05) is 0 Å². The quantitative estimate of drug-likeness (QED) is 0.181. The highest BCUT2D eigenvalue weighted by Gasteiger charge is 2.21. The lowest BCUT2D eigenvalue weighted by Gasteiger charge is -2.12. The van der Waals surface area contributed by atoms with Gasteiger partial charge in [0.2, 0.25) is 5.71 Å². The van der Waals surface area contributed by atoms with E-state index in [0.29, 0.717) is 0 Å². The van der Waals surface area contributed by atoms with E-state index in [1.54, 1.807) is 0 Å². The minimum absolute atomic E-state index is 0.869. The van der Waals surface area contributed by atoms with E-state index in [0.717, 1.165) is 55.8 Å². The van der Waals surface area contributed by atoms with Crippen LogP contribution in [0.15, 0.2) is 192 Å². The zero-order valence-electron chi connectivity index (χ0n) is 29.1. The van der Waals surface area contributed by atoms with Crippen molar-refractivity contribution in [1.29, 1.82) is 0 Å². The van der Waals surface area contributed by atoms with E-state index in [1.807, 2.05) is 6.07 Å². The Kier molecular flexibility index (Phi) is 6.02. The highest BCUT2D eigenvalue weighted by molar-refractivity contribution is 6.20. The van der Waals surface area contributed by atoms with Crippen LogP contribution in [-0.4, -0.2) is 13.7 Å². The molecule has 8 aromatic carbocycles. The van der Waals surface area contributed by atoms with Crippen molar-refractivity contribution in [3.63, 3.8) is 0 Å². The zero-order valence-corrected chi connectivity index (χ0v) is 29.1. The standard InChI is InChI=1S/C50H31N3O/c1-2-14-34(15-3-1)53-47-30-33(25-27-40(47)49-41-20-7-11-24-48(41)54-50(49)53)32-13-12-16-35(29-32)51-45-23-10-6-19-39(45)42-31-36(26-28-46(42)51)52-43-21-8-4-17-37(43)38-18-5-9-22-44(38)52/h1-31H. The van der Waals surface area contributed by atoms with Gasteiger partial charge >= 0.3 is 0 Å². The average molecular weight is 690 g/mol. The van der Waals surface area contributed by atoms with Gasteiger partial charge in [-0.3, -0.25) is 4.57 Å². The van der Waals surface area contributed by atoms with Gasteiger partial charge in [-0.15, -0.1) is 0 Å². The van der Waals surface area contributed by atoms with Gasteiger partial charge in [0.1, 0.15) is 5.58 Å². The van der Waals surface area contributed by atoms with Crippen LogP contribution >= 0.6 is 0 Å². The normalized spacial score (nSPS) is 12.1. The van der Waals surface area contributed by atoms with Gasteiger partial charge in [-0.05, 0) is 83.9 Å². The lowest BCUT2D eigenvalue weighted by atomic mass is 10.0. The summed E-state index contributed by atoms with van der Waals surface area (Å²) in [6.07, 6.45) is 0. The molecule has 4 heteroatoms. The van der Waals surface area contributed by atoms with Crippen LogP contribution in [0.3, 0.4) is 0 Å². The van der Waals surface area contributed by atoms with Gasteiger partial charge in [-0.2, -0.15) is 0 Å². The van der Waals surface area contributed by atoms with Gasteiger partial charge < -0.3 is 13.6 Å². The molecule has 0 unspecified atom stereocenters. The number of aromatic nitrogens is 3. The fourth-order valence-electron chi connectivity index (χ4n) is 8.90. The van der Waals surface area contributed by atoms with Gasteiger partial charge in [0, 0.05) is 49.4 Å². The first-order valence-corrected chi connectivity index (χ1v) is 18.4. The molecule has 0 spiro atoms. The maximum absolute atomic E-state index is 6.55. The molecule has 0 aliphatic heterocycles. The van der Waals surface area contributed by atoms with Crippen molar-refractivity contribution in [2.24, 2.45) is 0 Å². The van der Waals surface area contributed by atoms with Gasteiger partial charge in [0.15, 0.2) is 0 Å².